The number of thiazole rings is 1. The average Bonchev–Trinajstić information content (AvgIpc) is 2.65. The molecule has 0 saturated carbocycles. The minimum atomic E-state index is 0.438. The van der Waals surface area contributed by atoms with Gasteiger partial charge >= 0.3 is 0 Å². The van der Waals surface area contributed by atoms with Gasteiger partial charge in [-0.2, -0.15) is 0 Å². The van der Waals surface area contributed by atoms with Crippen LogP contribution < -0.4 is 10.2 Å². The van der Waals surface area contributed by atoms with Crippen LogP contribution in [0.3, 0.4) is 0 Å². The van der Waals surface area contributed by atoms with Gasteiger partial charge in [-0.3, -0.25) is 0 Å². The highest BCUT2D eigenvalue weighted by Crippen LogP contribution is 2.32. The Morgan fingerprint density at radius 3 is 3.06 bits per heavy atom. The van der Waals surface area contributed by atoms with Crippen LogP contribution in [0, 0.1) is 5.41 Å². The molecule has 0 amide bonds. The van der Waals surface area contributed by atoms with Crippen LogP contribution in [0.5, 0.6) is 0 Å². The van der Waals surface area contributed by atoms with Crippen LogP contribution in [0.1, 0.15) is 32.4 Å². The lowest BCUT2D eigenvalue weighted by Crippen LogP contribution is -2.40. The fourth-order valence-corrected chi connectivity index (χ4v) is 3.14. The number of aromatic nitrogens is 1. The number of piperidine rings is 1. The van der Waals surface area contributed by atoms with Gasteiger partial charge in [-0.15, -0.1) is 11.3 Å². The van der Waals surface area contributed by atoms with Gasteiger partial charge in [0, 0.05) is 25.0 Å². The number of anilines is 1. The van der Waals surface area contributed by atoms with Crippen molar-refractivity contribution in [3.8, 4) is 0 Å². The number of hydrogen-bond acceptors (Lipinski definition) is 4. The molecule has 2 heterocycles. The highest BCUT2D eigenvalue weighted by atomic mass is 32.1. The fraction of sp³-hybridized carbons (Fsp3) is 0.750. The molecule has 0 unspecified atom stereocenters. The molecule has 1 aliphatic rings. The number of hydrogen-bond donors (Lipinski definition) is 1. The maximum Gasteiger partial charge on any atom is 0.185 e. The van der Waals surface area contributed by atoms with Gasteiger partial charge in [0.25, 0.3) is 0 Å². The van der Waals surface area contributed by atoms with Gasteiger partial charge in [0.1, 0.15) is 0 Å². The summed E-state index contributed by atoms with van der Waals surface area (Å²) in [5, 5.41) is 6.49. The van der Waals surface area contributed by atoms with Crippen molar-refractivity contribution >= 4 is 16.5 Å². The molecule has 4 heteroatoms. The first-order chi connectivity index (χ1) is 7.61. The van der Waals surface area contributed by atoms with E-state index in [9.17, 15) is 0 Å². The third-order valence-electron chi connectivity index (χ3n) is 3.07. The van der Waals surface area contributed by atoms with E-state index in [1.165, 1.54) is 18.0 Å². The van der Waals surface area contributed by atoms with E-state index >= 15 is 0 Å². The lowest BCUT2D eigenvalue weighted by molar-refractivity contribution is 0.293. The lowest BCUT2D eigenvalue weighted by Gasteiger charge is -2.37. The number of nitrogens with one attached hydrogen (secondary N) is 1. The molecule has 0 aliphatic carbocycles. The largest absolute Gasteiger partial charge is 0.348 e. The summed E-state index contributed by atoms with van der Waals surface area (Å²) >= 11 is 1.77. The molecule has 16 heavy (non-hydrogen) atoms. The zero-order valence-electron chi connectivity index (χ0n) is 10.4. The zero-order valence-corrected chi connectivity index (χ0v) is 11.2. The SMILES string of the molecule is CNCc1csc(N2CCCC(C)(C)C2)n1. The molecule has 1 aromatic rings. The Labute approximate surface area is 102 Å². The minimum absolute atomic E-state index is 0.438. The molecule has 0 bridgehead atoms. The summed E-state index contributed by atoms with van der Waals surface area (Å²) in [6, 6.07) is 0. The van der Waals surface area contributed by atoms with E-state index in [-0.39, 0.29) is 0 Å². The van der Waals surface area contributed by atoms with Crippen LogP contribution in [0.2, 0.25) is 0 Å². The molecule has 90 valence electrons. The molecule has 0 radical (unpaired) electrons. The second-order valence-electron chi connectivity index (χ2n) is 5.34. The van der Waals surface area contributed by atoms with Crippen molar-refractivity contribution in [3.05, 3.63) is 11.1 Å². The van der Waals surface area contributed by atoms with E-state index in [0.717, 1.165) is 25.3 Å². The Morgan fingerprint density at radius 2 is 2.38 bits per heavy atom. The van der Waals surface area contributed by atoms with Gasteiger partial charge in [0.05, 0.1) is 5.69 Å². The smallest absolute Gasteiger partial charge is 0.185 e. The van der Waals surface area contributed by atoms with Crippen LogP contribution in [-0.4, -0.2) is 25.1 Å². The Bertz CT molecular complexity index is 346. The first-order valence-electron chi connectivity index (χ1n) is 5.95. The van der Waals surface area contributed by atoms with Crippen LogP contribution in [0.25, 0.3) is 0 Å². The Kier molecular flexibility index (Phi) is 3.50. The third-order valence-corrected chi connectivity index (χ3v) is 4.02. The predicted octanol–water partition coefficient (Wildman–Crippen LogP) is 2.49. The van der Waals surface area contributed by atoms with Crippen molar-refractivity contribution in [2.45, 2.75) is 33.2 Å². The van der Waals surface area contributed by atoms with Crippen molar-refractivity contribution in [3.63, 3.8) is 0 Å². The molecule has 2 rings (SSSR count). The summed E-state index contributed by atoms with van der Waals surface area (Å²) in [7, 11) is 1.96. The summed E-state index contributed by atoms with van der Waals surface area (Å²) < 4.78 is 0. The average molecular weight is 239 g/mol. The quantitative estimate of drug-likeness (QED) is 0.878. The number of nitrogens with zero attached hydrogens (tertiary/aromatic N) is 2. The standard InChI is InChI=1S/C12H21N3S/c1-12(2)5-4-6-15(9-12)11-14-10(7-13-3)8-16-11/h8,13H,4-7,9H2,1-3H3. The van der Waals surface area contributed by atoms with Crippen molar-refractivity contribution < 1.29 is 0 Å². The van der Waals surface area contributed by atoms with E-state index in [1.807, 2.05) is 7.05 Å². The Morgan fingerprint density at radius 1 is 1.56 bits per heavy atom. The molecular weight excluding hydrogens is 218 g/mol. The van der Waals surface area contributed by atoms with Gasteiger partial charge in [0.15, 0.2) is 5.13 Å². The monoisotopic (exact) mass is 239 g/mol. The maximum atomic E-state index is 4.67. The van der Waals surface area contributed by atoms with Gasteiger partial charge in [0.2, 0.25) is 0 Å². The highest BCUT2D eigenvalue weighted by Gasteiger charge is 2.27. The Balaban J connectivity index is 2.05. The number of rotatable bonds is 3. The van der Waals surface area contributed by atoms with Gasteiger partial charge in [-0.1, -0.05) is 13.8 Å². The van der Waals surface area contributed by atoms with Crippen molar-refractivity contribution in [1.82, 2.24) is 10.3 Å². The zero-order chi connectivity index (χ0) is 11.6. The van der Waals surface area contributed by atoms with Crippen LogP contribution in [-0.2, 0) is 6.54 Å². The molecular formula is C12H21N3S. The normalized spacial score (nSPS) is 20.1. The summed E-state index contributed by atoms with van der Waals surface area (Å²) in [6.45, 7) is 7.87. The van der Waals surface area contributed by atoms with Crippen molar-refractivity contribution in [2.75, 3.05) is 25.0 Å². The summed E-state index contributed by atoms with van der Waals surface area (Å²) in [4.78, 5) is 7.11. The molecule has 3 nitrogen and oxygen atoms in total. The molecule has 1 aliphatic heterocycles. The molecule has 1 saturated heterocycles. The minimum Gasteiger partial charge on any atom is -0.348 e. The molecule has 0 aromatic carbocycles. The topological polar surface area (TPSA) is 28.2 Å². The molecule has 0 spiro atoms. The van der Waals surface area contributed by atoms with Crippen molar-refractivity contribution in [2.24, 2.45) is 5.41 Å². The lowest BCUT2D eigenvalue weighted by atomic mass is 9.84. The summed E-state index contributed by atoms with van der Waals surface area (Å²) in [5.41, 5.74) is 1.60. The van der Waals surface area contributed by atoms with Crippen LogP contribution in [0.4, 0.5) is 5.13 Å². The Hall–Kier alpha value is -0.610. The summed E-state index contributed by atoms with van der Waals surface area (Å²) in [5.74, 6) is 0. The fourth-order valence-electron chi connectivity index (χ4n) is 2.29. The van der Waals surface area contributed by atoms with E-state index < -0.39 is 0 Å². The second-order valence-corrected chi connectivity index (χ2v) is 6.18. The first kappa shape index (κ1) is 11.9. The highest BCUT2D eigenvalue weighted by molar-refractivity contribution is 7.13. The van der Waals surface area contributed by atoms with Gasteiger partial charge in [-0.05, 0) is 25.3 Å². The van der Waals surface area contributed by atoms with Gasteiger partial charge in [-0.25, -0.2) is 4.98 Å². The molecule has 0 atom stereocenters. The molecule has 1 aromatic heterocycles. The van der Waals surface area contributed by atoms with E-state index in [2.05, 4.69) is 34.4 Å². The molecule has 1 fully saturated rings. The van der Waals surface area contributed by atoms with E-state index in [0.29, 0.717) is 5.41 Å². The van der Waals surface area contributed by atoms with E-state index in [4.69, 9.17) is 0 Å². The maximum absolute atomic E-state index is 4.67. The van der Waals surface area contributed by atoms with Crippen LogP contribution >= 0.6 is 11.3 Å². The summed E-state index contributed by atoms with van der Waals surface area (Å²) in [6.07, 6.45) is 2.62. The van der Waals surface area contributed by atoms with Gasteiger partial charge < -0.3 is 10.2 Å². The second kappa shape index (κ2) is 4.72. The van der Waals surface area contributed by atoms with Crippen LogP contribution in [0.15, 0.2) is 5.38 Å². The molecule has 1 N–H and O–H groups in total. The first-order valence-corrected chi connectivity index (χ1v) is 6.83. The van der Waals surface area contributed by atoms with E-state index in [1.54, 1.807) is 11.3 Å². The van der Waals surface area contributed by atoms with Crippen molar-refractivity contribution in [1.29, 1.82) is 0 Å². The predicted molar refractivity (Wildman–Crippen MR) is 70.1 cm³/mol. The third kappa shape index (κ3) is 2.74.